The van der Waals surface area contributed by atoms with E-state index < -0.39 is 6.04 Å². The van der Waals surface area contributed by atoms with Crippen molar-refractivity contribution in [2.45, 2.75) is 39.3 Å². The van der Waals surface area contributed by atoms with Gasteiger partial charge in [-0.05, 0) is 48.2 Å². The minimum atomic E-state index is -0.709. The summed E-state index contributed by atoms with van der Waals surface area (Å²) in [6, 6.07) is 23.9. The zero-order valence-electron chi connectivity index (χ0n) is 19.7. The molecule has 3 aromatic rings. The lowest BCUT2D eigenvalue weighted by Crippen LogP contribution is -2.51. The molecule has 0 saturated heterocycles. The second-order valence-corrected chi connectivity index (χ2v) is 8.62. The van der Waals surface area contributed by atoms with Crippen molar-refractivity contribution >= 4 is 23.4 Å². The molecule has 3 rings (SSSR count). The third-order valence-corrected chi connectivity index (χ3v) is 5.84. The molecule has 0 aliphatic rings. The molecule has 34 heavy (non-hydrogen) atoms. The molecule has 2 amide bonds. The van der Waals surface area contributed by atoms with E-state index in [-0.39, 0.29) is 25.0 Å². The fourth-order valence-corrected chi connectivity index (χ4v) is 3.86. The van der Waals surface area contributed by atoms with Gasteiger partial charge < -0.3 is 15.0 Å². The monoisotopic (exact) mass is 478 g/mol. The van der Waals surface area contributed by atoms with Crippen LogP contribution in [0.5, 0.6) is 5.75 Å². The van der Waals surface area contributed by atoms with Crippen LogP contribution in [0.1, 0.15) is 30.0 Å². The van der Waals surface area contributed by atoms with Gasteiger partial charge in [-0.1, -0.05) is 79.2 Å². The van der Waals surface area contributed by atoms with E-state index in [0.717, 1.165) is 23.1 Å². The van der Waals surface area contributed by atoms with Crippen molar-refractivity contribution < 1.29 is 14.3 Å². The Morgan fingerprint density at radius 2 is 1.74 bits per heavy atom. The summed E-state index contributed by atoms with van der Waals surface area (Å²) in [6.07, 6.45) is 1.19. The maximum atomic E-state index is 13.5. The SMILES string of the molecule is CCCNC(=O)[C@H](Cc1ccccc1)N(Cc1ccccc1Cl)C(=O)COc1cccc(C)c1. The normalized spacial score (nSPS) is 11.5. The molecule has 6 heteroatoms. The highest BCUT2D eigenvalue weighted by Gasteiger charge is 2.31. The van der Waals surface area contributed by atoms with Crippen LogP contribution in [0, 0.1) is 6.92 Å². The number of hydrogen-bond acceptors (Lipinski definition) is 3. The summed E-state index contributed by atoms with van der Waals surface area (Å²) >= 11 is 6.42. The van der Waals surface area contributed by atoms with Crippen LogP contribution >= 0.6 is 11.6 Å². The number of aryl methyl sites for hydroxylation is 1. The summed E-state index contributed by atoms with van der Waals surface area (Å²) in [5.41, 5.74) is 2.78. The zero-order chi connectivity index (χ0) is 24.3. The van der Waals surface area contributed by atoms with Gasteiger partial charge in [0.2, 0.25) is 5.91 Å². The number of carbonyl (C=O) groups excluding carboxylic acids is 2. The Labute approximate surface area is 206 Å². The predicted molar refractivity (Wildman–Crippen MR) is 136 cm³/mol. The second-order valence-electron chi connectivity index (χ2n) is 8.21. The predicted octanol–water partition coefficient (Wildman–Crippen LogP) is 5.19. The number of halogens is 1. The summed E-state index contributed by atoms with van der Waals surface area (Å²) < 4.78 is 5.80. The summed E-state index contributed by atoms with van der Waals surface area (Å²) in [4.78, 5) is 28.4. The molecule has 0 heterocycles. The van der Waals surface area contributed by atoms with Crippen molar-refractivity contribution in [3.8, 4) is 5.75 Å². The highest BCUT2D eigenvalue weighted by atomic mass is 35.5. The van der Waals surface area contributed by atoms with E-state index in [1.54, 1.807) is 11.0 Å². The molecule has 0 bridgehead atoms. The quantitative estimate of drug-likeness (QED) is 0.412. The molecule has 0 aliphatic carbocycles. The fraction of sp³-hybridized carbons (Fsp3) is 0.286. The lowest BCUT2D eigenvalue weighted by molar-refractivity contribution is -0.142. The average molecular weight is 479 g/mol. The van der Waals surface area contributed by atoms with Crippen molar-refractivity contribution in [3.05, 3.63) is 101 Å². The van der Waals surface area contributed by atoms with Gasteiger partial charge in [0.1, 0.15) is 11.8 Å². The van der Waals surface area contributed by atoms with Crippen LogP contribution in [0.3, 0.4) is 0 Å². The number of amides is 2. The van der Waals surface area contributed by atoms with E-state index in [1.807, 2.05) is 86.6 Å². The van der Waals surface area contributed by atoms with Gasteiger partial charge in [-0.25, -0.2) is 0 Å². The molecule has 0 saturated carbocycles. The number of hydrogen-bond donors (Lipinski definition) is 1. The average Bonchev–Trinajstić information content (AvgIpc) is 2.85. The molecular weight excluding hydrogens is 448 g/mol. The van der Waals surface area contributed by atoms with Gasteiger partial charge in [0, 0.05) is 24.5 Å². The van der Waals surface area contributed by atoms with Crippen molar-refractivity contribution in [2.75, 3.05) is 13.2 Å². The highest BCUT2D eigenvalue weighted by Crippen LogP contribution is 2.21. The molecule has 5 nitrogen and oxygen atoms in total. The van der Waals surface area contributed by atoms with Gasteiger partial charge in [0.05, 0.1) is 0 Å². The van der Waals surface area contributed by atoms with Crippen molar-refractivity contribution in [1.29, 1.82) is 0 Å². The lowest BCUT2D eigenvalue weighted by Gasteiger charge is -2.31. The first-order valence-corrected chi connectivity index (χ1v) is 11.9. The minimum Gasteiger partial charge on any atom is -0.484 e. The molecule has 0 fully saturated rings. The number of ether oxygens (including phenoxy) is 1. The fourth-order valence-electron chi connectivity index (χ4n) is 3.66. The Hall–Kier alpha value is -3.31. The number of nitrogens with one attached hydrogen (secondary N) is 1. The zero-order valence-corrected chi connectivity index (χ0v) is 20.4. The van der Waals surface area contributed by atoms with Crippen LogP contribution in [0.2, 0.25) is 5.02 Å². The molecule has 0 spiro atoms. The van der Waals surface area contributed by atoms with Gasteiger partial charge in [0.25, 0.3) is 5.91 Å². The summed E-state index contributed by atoms with van der Waals surface area (Å²) in [5, 5.41) is 3.51. The van der Waals surface area contributed by atoms with Crippen molar-refractivity contribution in [2.24, 2.45) is 0 Å². The first-order chi connectivity index (χ1) is 16.5. The van der Waals surface area contributed by atoms with Gasteiger partial charge in [0.15, 0.2) is 6.61 Å². The van der Waals surface area contributed by atoms with Crippen LogP contribution < -0.4 is 10.1 Å². The van der Waals surface area contributed by atoms with E-state index in [4.69, 9.17) is 16.3 Å². The van der Waals surface area contributed by atoms with Crippen LogP contribution in [0.15, 0.2) is 78.9 Å². The van der Waals surface area contributed by atoms with Gasteiger partial charge in [-0.2, -0.15) is 0 Å². The Morgan fingerprint density at radius 3 is 2.44 bits per heavy atom. The number of carbonyl (C=O) groups is 2. The van der Waals surface area contributed by atoms with Crippen LogP contribution in [0.4, 0.5) is 0 Å². The molecule has 0 radical (unpaired) electrons. The maximum absolute atomic E-state index is 13.5. The van der Waals surface area contributed by atoms with Gasteiger partial charge in [-0.15, -0.1) is 0 Å². The van der Waals surface area contributed by atoms with Crippen LogP contribution in [0.25, 0.3) is 0 Å². The van der Waals surface area contributed by atoms with Gasteiger partial charge in [-0.3, -0.25) is 9.59 Å². The first kappa shape index (κ1) is 25.3. The molecule has 0 aromatic heterocycles. The smallest absolute Gasteiger partial charge is 0.261 e. The van der Waals surface area contributed by atoms with Crippen molar-refractivity contribution in [3.63, 3.8) is 0 Å². The molecule has 178 valence electrons. The minimum absolute atomic E-state index is 0.180. The van der Waals surface area contributed by atoms with Gasteiger partial charge >= 0.3 is 0 Å². The third-order valence-electron chi connectivity index (χ3n) is 5.47. The van der Waals surface area contributed by atoms with E-state index in [1.165, 1.54) is 0 Å². The standard InChI is InChI=1S/C28H31ClN2O3/c1-3-16-30-28(33)26(18-22-11-5-4-6-12-22)31(19-23-13-7-8-15-25(23)29)27(32)20-34-24-14-9-10-21(2)17-24/h4-15,17,26H,3,16,18-20H2,1-2H3,(H,30,33)/t26-/m0/s1. The highest BCUT2D eigenvalue weighted by molar-refractivity contribution is 6.31. The summed E-state index contributed by atoms with van der Waals surface area (Å²) in [6.45, 7) is 4.52. The van der Waals surface area contributed by atoms with Crippen molar-refractivity contribution in [1.82, 2.24) is 10.2 Å². The Morgan fingerprint density at radius 1 is 1.00 bits per heavy atom. The Balaban J connectivity index is 1.90. The summed E-state index contributed by atoms with van der Waals surface area (Å²) in [5.74, 6) is 0.136. The molecule has 1 atom stereocenters. The lowest BCUT2D eigenvalue weighted by atomic mass is 10.0. The molecule has 3 aromatic carbocycles. The van der Waals surface area contributed by atoms with Crippen LogP contribution in [-0.2, 0) is 22.6 Å². The number of benzene rings is 3. The topological polar surface area (TPSA) is 58.6 Å². The molecule has 0 unspecified atom stereocenters. The third kappa shape index (κ3) is 7.35. The first-order valence-electron chi connectivity index (χ1n) is 11.5. The summed E-state index contributed by atoms with van der Waals surface area (Å²) in [7, 11) is 0. The number of nitrogens with zero attached hydrogens (tertiary/aromatic N) is 1. The maximum Gasteiger partial charge on any atom is 0.261 e. The Bertz CT molecular complexity index is 1090. The molecule has 0 aliphatic heterocycles. The largest absolute Gasteiger partial charge is 0.484 e. The second kappa shape index (κ2) is 12.8. The van der Waals surface area contributed by atoms with E-state index in [2.05, 4.69) is 5.32 Å². The molecular formula is C28H31ClN2O3. The van der Waals surface area contributed by atoms with E-state index in [9.17, 15) is 9.59 Å². The van der Waals surface area contributed by atoms with E-state index in [0.29, 0.717) is 23.7 Å². The molecule has 1 N–H and O–H groups in total. The number of rotatable bonds is 11. The Kier molecular flexibility index (Phi) is 9.53. The van der Waals surface area contributed by atoms with E-state index >= 15 is 0 Å². The van der Waals surface area contributed by atoms with Crippen LogP contribution in [-0.4, -0.2) is 35.9 Å².